The molecule has 0 fully saturated rings. The number of anilines is 1. The fraction of sp³-hybridized carbons (Fsp3) is 0.235. The molecule has 0 radical (unpaired) electrons. The highest BCUT2D eigenvalue weighted by atomic mass is 16.5. The summed E-state index contributed by atoms with van der Waals surface area (Å²) < 4.78 is 15.8. The van der Waals surface area contributed by atoms with Crippen LogP contribution in [0.4, 0.5) is 5.69 Å². The predicted molar refractivity (Wildman–Crippen MR) is 86.4 cm³/mol. The van der Waals surface area contributed by atoms with Crippen LogP contribution in [0.1, 0.15) is 15.9 Å². The van der Waals surface area contributed by atoms with E-state index in [2.05, 4.69) is 5.32 Å². The predicted octanol–water partition coefficient (Wildman–Crippen LogP) is 2.46. The molecule has 0 aromatic heterocycles. The zero-order valence-corrected chi connectivity index (χ0v) is 13.3. The first-order valence-electron chi connectivity index (χ1n) is 6.94. The van der Waals surface area contributed by atoms with Crippen molar-refractivity contribution in [2.45, 2.75) is 6.61 Å². The van der Waals surface area contributed by atoms with E-state index >= 15 is 0 Å². The smallest absolute Gasteiger partial charge is 0.259 e. The van der Waals surface area contributed by atoms with Crippen molar-refractivity contribution in [1.29, 1.82) is 0 Å². The Labute approximate surface area is 134 Å². The molecule has 122 valence electrons. The van der Waals surface area contributed by atoms with Crippen molar-refractivity contribution in [2.75, 3.05) is 26.6 Å². The molecular formula is C17H19NO5. The monoisotopic (exact) mass is 317 g/mol. The topological polar surface area (TPSA) is 77.0 Å². The molecule has 2 aromatic rings. The molecule has 2 N–H and O–H groups in total. The summed E-state index contributed by atoms with van der Waals surface area (Å²) in [7, 11) is 4.45. The highest BCUT2D eigenvalue weighted by Gasteiger charge is 2.20. The summed E-state index contributed by atoms with van der Waals surface area (Å²) in [5.41, 5.74) is 1.61. The van der Waals surface area contributed by atoms with Gasteiger partial charge in [-0.1, -0.05) is 12.1 Å². The van der Waals surface area contributed by atoms with Crippen LogP contribution in [0.3, 0.4) is 0 Å². The van der Waals surface area contributed by atoms with Gasteiger partial charge in [-0.15, -0.1) is 0 Å². The Morgan fingerprint density at radius 1 is 1.04 bits per heavy atom. The van der Waals surface area contributed by atoms with Crippen molar-refractivity contribution in [2.24, 2.45) is 0 Å². The van der Waals surface area contributed by atoms with E-state index in [4.69, 9.17) is 19.3 Å². The number of amides is 1. The van der Waals surface area contributed by atoms with Gasteiger partial charge >= 0.3 is 0 Å². The molecule has 0 aliphatic carbocycles. The second-order valence-electron chi connectivity index (χ2n) is 4.69. The molecule has 2 aromatic carbocycles. The summed E-state index contributed by atoms with van der Waals surface area (Å²) in [5, 5.41) is 11.9. The van der Waals surface area contributed by atoms with E-state index in [1.165, 1.54) is 21.3 Å². The van der Waals surface area contributed by atoms with Crippen molar-refractivity contribution in [3.63, 3.8) is 0 Å². The maximum atomic E-state index is 12.5. The molecule has 0 atom stereocenters. The van der Waals surface area contributed by atoms with E-state index in [0.717, 1.165) is 0 Å². The zero-order valence-electron chi connectivity index (χ0n) is 13.3. The molecular weight excluding hydrogens is 298 g/mol. The molecule has 0 aliphatic heterocycles. The minimum Gasteiger partial charge on any atom is -0.493 e. The van der Waals surface area contributed by atoms with Crippen molar-refractivity contribution in [1.82, 2.24) is 0 Å². The third-order valence-electron chi connectivity index (χ3n) is 3.32. The number of hydrogen-bond acceptors (Lipinski definition) is 5. The summed E-state index contributed by atoms with van der Waals surface area (Å²) >= 11 is 0. The van der Waals surface area contributed by atoms with E-state index in [0.29, 0.717) is 34.1 Å². The Hall–Kier alpha value is -2.73. The number of aliphatic hydroxyl groups excluding tert-OH is 1. The molecule has 6 nitrogen and oxygen atoms in total. The lowest BCUT2D eigenvalue weighted by molar-refractivity contribution is 0.102. The van der Waals surface area contributed by atoms with Gasteiger partial charge < -0.3 is 24.6 Å². The minimum absolute atomic E-state index is 0.0939. The fourth-order valence-electron chi connectivity index (χ4n) is 2.23. The Morgan fingerprint density at radius 2 is 1.78 bits per heavy atom. The third kappa shape index (κ3) is 3.54. The first-order valence-corrected chi connectivity index (χ1v) is 6.94. The lowest BCUT2D eigenvalue weighted by Gasteiger charge is -2.15. The number of aliphatic hydroxyl groups is 1. The first-order chi connectivity index (χ1) is 11.1. The van der Waals surface area contributed by atoms with Crippen molar-refractivity contribution in [3.05, 3.63) is 47.5 Å². The van der Waals surface area contributed by atoms with E-state index in [9.17, 15) is 4.79 Å². The molecule has 0 aliphatic rings. The maximum Gasteiger partial charge on any atom is 0.259 e. The number of carbonyl (C=O) groups is 1. The molecule has 2 rings (SSSR count). The number of rotatable bonds is 6. The molecule has 6 heteroatoms. The SMILES string of the molecule is COc1ccc(C(=O)Nc2cccc(CO)c2)c(OC)c1OC. The number of hydrogen-bond donors (Lipinski definition) is 2. The van der Waals surface area contributed by atoms with Gasteiger partial charge in [-0.2, -0.15) is 0 Å². The summed E-state index contributed by atoms with van der Waals surface area (Å²) in [4.78, 5) is 12.5. The van der Waals surface area contributed by atoms with Crippen molar-refractivity contribution in [3.8, 4) is 17.2 Å². The highest BCUT2D eigenvalue weighted by Crippen LogP contribution is 2.39. The van der Waals surface area contributed by atoms with E-state index in [1.54, 1.807) is 36.4 Å². The molecule has 0 saturated carbocycles. The van der Waals surface area contributed by atoms with Crippen LogP contribution >= 0.6 is 0 Å². The maximum absolute atomic E-state index is 12.5. The molecule has 0 bridgehead atoms. The Kier molecular flexibility index (Phi) is 5.43. The quantitative estimate of drug-likeness (QED) is 0.856. The average molecular weight is 317 g/mol. The minimum atomic E-state index is -0.349. The van der Waals surface area contributed by atoms with Gasteiger partial charge in [-0.25, -0.2) is 0 Å². The molecule has 0 heterocycles. The fourth-order valence-corrected chi connectivity index (χ4v) is 2.23. The molecule has 23 heavy (non-hydrogen) atoms. The average Bonchev–Trinajstić information content (AvgIpc) is 2.60. The van der Waals surface area contributed by atoms with Gasteiger partial charge in [0.2, 0.25) is 5.75 Å². The summed E-state index contributed by atoms with van der Waals surface area (Å²) in [6.07, 6.45) is 0. The Bertz CT molecular complexity index is 699. The van der Waals surface area contributed by atoms with Crippen LogP contribution in [-0.4, -0.2) is 32.3 Å². The third-order valence-corrected chi connectivity index (χ3v) is 3.32. The van der Waals surface area contributed by atoms with Gasteiger partial charge in [0.25, 0.3) is 5.91 Å². The number of benzene rings is 2. The van der Waals surface area contributed by atoms with Gasteiger partial charge in [-0.3, -0.25) is 4.79 Å². The molecule has 0 unspecified atom stereocenters. The summed E-state index contributed by atoms with van der Waals surface area (Å²) in [6.45, 7) is -0.0939. The number of methoxy groups -OCH3 is 3. The standard InChI is InChI=1S/C17H19NO5/c1-21-14-8-7-13(15(22-2)16(14)23-3)17(20)18-12-6-4-5-11(9-12)10-19/h4-9,19H,10H2,1-3H3,(H,18,20). The van der Waals surface area contributed by atoms with Gasteiger partial charge in [0.05, 0.1) is 33.5 Å². The van der Waals surface area contributed by atoms with Crippen molar-refractivity contribution >= 4 is 11.6 Å². The number of nitrogens with one attached hydrogen (secondary N) is 1. The van der Waals surface area contributed by atoms with Crippen LogP contribution in [0.15, 0.2) is 36.4 Å². The van der Waals surface area contributed by atoms with Crippen molar-refractivity contribution < 1.29 is 24.1 Å². The van der Waals surface area contributed by atoms with Crippen LogP contribution in [0.25, 0.3) is 0 Å². The van der Waals surface area contributed by atoms with E-state index in [1.807, 2.05) is 0 Å². The molecule has 0 saturated heterocycles. The van der Waals surface area contributed by atoms with Crippen LogP contribution in [-0.2, 0) is 6.61 Å². The second kappa shape index (κ2) is 7.51. The lowest BCUT2D eigenvalue weighted by atomic mass is 10.1. The summed E-state index contributed by atoms with van der Waals surface area (Å²) in [6, 6.07) is 10.2. The van der Waals surface area contributed by atoms with Gasteiger partial charge in [0.1, 0.15) is 0 Å². The summed E-state index contributed by atoms with van der Waals surface area (Å²) in [5.74, 6) is 0.774. The highest BCUT2D eigenvalue weighted by molar-refractivity contribution is 6.07. The first kappa shape index (κ1) is 16.6. The number of ether oxygens (including phenoxy) is 3. The lowest BCUT2D eigenvalue weighted by Crippen LogP contribution is -2.14. The zero-order chi connectivity index (χ0) is 16.8. The van der Waals surface area contributed by atoms with Gasteiger partial charge in [-0.05, 0) is 29.8 Å². The Morgan fingerprint density at radius 3 is 2.39 bits per heavy atom. The van der Waals surface area contributed by atoms with Crippen LogP contribution < -0.4 is 19.5 Å². The number of carbonyl (C=O) groups excluding carboxylic acids is 1. The normalized spacial score (nSPS) is 10.1. The molecule has 0 spiro atoms. The second-order valence-corrected chi connectivity index (χ2v) is 4.69. The largest absolute Gasteiger partial charge is 0.493 e. The van der Waals surface area contributed by atoms with Gasteiger partial charge in [0.15, 0.2) is 11.5 Å². The van der Waals surface area contributed by atoms with E-state index in [-0.39, 0.29) is 12.5 Å². The van der Waals surface area contributed by atoms with E-state index < -0.39 is 0 Å². The molecule has 1 amide bonds. The van der Waals surface area contributed by atoms with Crippen LogP contribution in [0, 0.1) is 0 Å². The van der Waals surface area contributed by atoms with Gasteiger partial charge in [0, 0.05) is 5.69 Å². The van der Waals surface area contributed by atoms with Crippen LogP contribution in [0.5, 0.6) is 17.2 Å². The van der Waals surface area contributed by atoms with Crippen LogP contribution in [0.2, 0.25) is 0 Å². The Balaban J connectivity index is 2.35.